The standard InChI is InChI=1S/C14H23N3O2/c1-4-6-16-13-10-15-7-5-12(13)14(19)17(8-9-18)11(2)3/h5,7,10-11,16,18H,4,6,8-9H2,1-3H3. The maximum atomic E-state index is 12.5. The molecule has 0 aliphatic heterocycles. The van der Waals surface area contributed by atoms with Gasteiger partial charge in [-0.25, -0.2) is 0 Å². The van der Waals surface area contributed by atoms with E-state index in [0.717, 1.165) is 18.7 Å². The summed E-state index contributed by atoms with van der Waals surface area (Å²) >= 11 is 0. The molecule has 19 heavy (non-hydrogen) atoms. The quantitative estimate of drug-likeness (QED) is 0.788. The molecule has 0 aliphatic rings. The topological polar surface area (TPSA) is 65.5 Å². The Morgan fingerprint density at radius 1 is 1.53 bits per heavy atom. The van der Waals surface area contributed by atoms with E-state index >= 15 is 0 Å². The van der Waals surface area contributed by atoms with E-state index in [4.69, 9.17) is 5.11 Å². The summed E-state index contributed by atoms with van der Waals surface area (Å²) in [6.07, 6.45) is 4.26. The molecular formula is C14H23N3O2. The number of amides is 1. The monoisotopic (exact) mass is 265 g/mol. The van der Waals surface area contributed by atoms with Crippen LogP contribution >= 0.6 is 0 Å². The van der Waals surface area contributed by atoms with Crippen molar-refractivity contribution in [3.63, 3.8) is 0 Å². The molecule has 0 bridgehead atoms. The Labute approximate surface area is 114 Å². The van der Waals surface area contributed by atoms with E-state index in [0.29, 0.717) is 12.1 Å². The van der Waals surface area contributed by atoms with Gasteiger partial charge in [0.1, 0.15) is 0 Å². The Morgan fingerprint density at radius 3 is 2.84 bits per heavy atom. The first-order valence-corrected chi connectivity index (χ1v) is 6.71. The lowest BCUT2D eigenvalue weighted by atomic mass is 10.1. The molecule has 1 heterocycles. The Balaban J connectivity index is 2.96. The number of hydrogen-bond donors (Lipinski definition) is 2. The minimum atomic E-state index is -0.0787. The lowest BCUT2D eigenvalue weighted by molar-refractivity contribution is 0.0666. The summed E-state index contributed by atoms with van der Waals surface area (Å²) in [4.78, 5) is 18.2. The van der Waals surface area contributed by atoms with Crippen molar-refractivity contribution in [2.24, 2.45) is 0 Å². The van der Waals surface area contributed by atoms with Gasteiger partial charge >= 0.3 is 0 Å². The Morgan fingerprint density at radius 2 is 2.26 bits per heavy atom. The average Bonchev–Trinajstić information content (AvgIpc) is 2.41. The highest BCUT2D eigenvalue weighted by Gasteiger charge is 2.20. The van der Waals surface area contributed by atoms with Gasteiger partial charge in [0.25, 0.3) is 5.91 Å². The predicted molar refractivity (Wildman–Crippen MR) is 76.3 cm³/mol. The first-order chi connectivity index (χ1) is 9.11. The van der Waals surface area contributed by atoms with Crippen molar-refractivity contribution in [1.82, 2.24) is 9.88 Å². The van der Waals surface area contributed by atoms with Crippen LogP contribution in [0, 0.1) is 0 Å². The maximum absolute atomic E-state index is 12.5. The molecule has 5 heteroatoms. The summed E-state index contributed by atoms with van der Waals surface area (Å²) in [6, 6.07) is 1.76. The molecule has 1 aromatic heterocycles. The lowest BCUT2D eigenvalue weighted by Gasteiger charge is -2.26. The molecule has 106 valence electrons. The summed E-state index contributed by atoms with van der Waals surface area (Å²) in [5.74, 6) is -0.0787. The normalized spacial score (nSPS) is 10.6. The number of nitrogens with one attached hydrogen (secondary N) is 1. The first-order valence-electron chi connectivity index (χ1n) is 6.71. The van der Waals surface area contributed by atoms with Crippen LogP contribution in [-0.2, 0) is 0 Å². The first kappa shape index (κ1) is 15.4. The number of aromatic nitrogens is 1. The number of carbonyl (C=O) groups excluding carboxylic acids is 1. The minimum absolute atomic E-state index is 0.0350. The maximum Gasteiger partial charge on any atom is 0.256 e. The molecule has 0 fully saturated rings. The van der Waals surface area contributed by atoms with Crippen LogP contribution in [0.3, 0.4) is 0 Å². The van der Waals surface area contributed by atoms with Gasteiger partial charge in [0.15, 0.2) is 0 Å². The van der Waals surface area contributed by atoms with Crippen molar-refractivity contribution in [3.05, 3.63) is 24.0 Å². The number of hydrogen-bond acceptors (Lipinski definition) is 4. The number of pyridine rings is 1. The van der Waals surface area contributed by atoms with E-state index in [-0.39, 0.29) is 18.6 Å². The minimum Gasteiger partial charge on any atom is -0.395 e. The van der Waals surface area contributed by atoms with Crippen molar-refractivity contribution >= 4 is 11.6 Å². The third-order valence-electron chi connectivity index (χ3n) is 2.84. The summed E-state index contributed by atoms with van der Waals surface area (Å²) in [7, 11) is 0. The molecular weight excluding hydrogens is 242 g/mol. The zero-order chi connectivity index (χ0) is 14.3. The van der Waals surface area contributed by atoms with Crippen LogP contribution in [0.4, 0.5) is 5.69 Å². The van der Waals surface area contributed by atoms with Gasteiger partial charge in [0.05, 0.1) is 24.1 Å². The molecule has 2 N–H and O–H groups in total. The van der Waals surface area contributed by atoms with Crippen LogP contribution in [0.1, 0.15) is 37.6 Å². The number of rotatable bonds is 7. The van der Waals surface area contributed by atoms with Crippen molar-refractivity contribution < 1.29 is 9.90 Å². The number of aliphatic hydroxyl groups is 1. The van der Waals surface area contributed by atoms with Gasteiger partial charge in [-0.2, -0.15) is 0 Å². The average molecular weight is 265 g/mol. The number of carbonyl (C=O) groups is 1. The molecule has 1 rings (SSSR count). The Hall–Kier alpha value is -1.62. The summed E-state index contributed by atoms with van der Waals surface area (Å²) in [5.41, 5.74) is 1.35. The zero-order valence-corrected chi connectivity index (χ0v) is 11.9. The summed E-state index contributed by atoms with van der Waals surface area (Å²) < 4.78 is 0. The Kier molecular flexibility index (Phi) is 6.29. The summed E-state index contributed by atoms with van der Waals surface area (Å²) in [6.45, 7) is 7.05. The van der Waals surface area contributed by atoms with E-state index in [2.05, 4.69) is 17.2 Å². The number of anilines is 1. The molecule has 0 aromatic carbocycles. The van der Waals surface area contributed by atoms with Gasteiger partial charge in [0, 0.05) is 25.3 Å². The second kappa shape index (κ2) is 7.74. The van der Waals surface area contributed by atoms with Gasteiger partial charge in [-0.05, 0) is 26.3 Å². The molecule has 0 saturated heterocycles. The molecule has 0 unspecified atom stereocenters. The van der Waals surface area contributed by atoms with Crippen molar-refractivity contribution in [2.45, 2.75) is 33.2 Å². The predicted octanol–water partition coefficient (Wildman–Crippen LogP) is 1.75. The highest BCUT2D eigenvalue weighted by molar-refractivity contribution is 5.99. The molecule has 0 atom stereocenters. The van der Waals surface area contributed by atoms with Gasteiger partial charge in [-0.3, -0.25) is 9.78 Å². The second-order valence-corrected chi connectivity index (χ2v) is 4.66. The second-order valence-electron chi connectivity index (χ2n) is 4.66. The highest BCUT2D eigenvalue weighted by Crippen LogP contribution is 2.17. The van der Waals surface area contributed by atoms with Gasteiger partial charge in [0.2, 0.25) is 0 Å². The molecule has 0 radical (unpaired) electrons. The fraction of sp³-hybridized carbons (Fsp3) is 0.571. The lowest BCUT2D eigenvalue weighted by Crippen LogP contribution is -2.39. The number of aliphatic hydroxyl groups excluding tert-OH is 1. The molecule has 1 amide bonds. The molecule has 5 nitrogen and oxygen atoms in total. The summed E-state index contributed by atoms with van der Waals surface area (Å²) in [5, 5.41) is 12.3. The molecule has 0 aliphatic carbocycles. The van der Waals surface area contributed by atoms with Crippen LogP contribution in [0.15, 0.2) is 18.5 Å². The van der Waals surface area contributed by atoms with E-state index < -0.39 is 0 Å². The third-order valence-corrected chi connectivity index (χ3v) is 2.84. The fourth-order valence-electron chi connectivity index (χ4n) is 1.84. The Bertz CT molecular complexity index is 407. The van der Waals surface area contributed by atoms with Gasteiger partial charge < -0.3 is 15.3 Å². The van der Waals surface area contributed by atoms with Crippen molar-refractivity contribution in [2.75, 3.05) is 25.0 Å². The molecule has 1 aromatic rings. The number of nitrogens with zero attached hydrogens (tertiary/aromatic N) is 2. The van der Waals surface area contributed by atoms with Crippen molar-refractivity contribution in [3.8, 4) is 0 Å². The smallest absolute Gasteiger partial charge is 0.256 e. The van der Waals surface area contributed by atoms with E-state index in [1.165, 1.54) is 0 Å². The zero-order valence-electron chi connectivity index (χ0n) is 11.9. The van der Waals surface area contributed by atoms with Gasteiger partial charge in [-0.1, -0.05) is 6.92 Å². The fourth-order valence-corrected chi connectivity index (χ4v) is 1.84. The van der Waals surface area contributed by atoms with Crippen LogP contribution in [0.2, 0.25) is 0 Å². The van der Waals surface area contributed by atoms with Crippen LogP contribution in [0.25, 0.3) is 0 Å². The van der Waals surface area contributed by atoms with Gasteiger partial charge in [-0.15, -0.1) is 0 Å². The van der Waals surface area contributed by atoms with Crippen molar-refractivity contribution in [1.29, 1.82) is 0 Å². The third kappa shape index (κ3) is 4.21. The SMILES string of the molecule is CCCNc1cnccc1C(=O)N(CCO)C(C)C. The molecule has 0 saturated carbocycles. The van der Waals surface area contributed by atoms with E-state index in [1.807, 2.05) is 13.8 Å². The van der Waals surface area contributed by atoms with E-state index in [9.17, 15) is 4.79 Å². The van der Waals surface area contributed by atoms with Crippen LogP contribution in [-0.4, -0.2) is 46.6 Å². The van der Waals surface area contributed by atoms with E-state index in [1.54, 1.807) is 23.4 Å². The van der Waals surface area contributed by atoms with Crippen LogP contribution in [0.5, 0.6) is 0 Å². The highest BCUT2D eigenvalue weighted by atomic mass is 16.3. The van der Waals surface area contributed by atoms with Crippen LogP contribution < -0.4 is 5.32 Å². The molecule has 0 spiro atoms. The largest absolute Gasteiger partial charge is 0.395 e.